The number of alkyl halides is 3. The Morgan fingerprint density at radius 2 is 2.03 bits per heavy atom. The second-order valence-corrected chi connectivity index (χ2v) is 9.01. The lowest BCUT2D eigenvalue weighted by molar-refractivity contribution is -0.143. The number of amides is 2. The summed E-state index contributed by atoms with van der Waals surface area (Å²) >= 11 is 0. The summed E-state index contributed by atoms with van der Waals surface area (Å²) in [5.41, 5.74) is 9.21. The zero-order valence-corrected chi connectivity index (χ0v) is 18.3. The van der Waals surface area contributed by atoms with Gasteiger partial charge in [-0.1, -0.05) is 6.07 Å². The molecule has 0 unspecified atom stereocenters. The number of aliphatic hydroxyl groups is 1. The first-order valence-corrected chi connectivity index (χ1v) is 11.0. The zero-order chi connectivity index (χ0) is 23.8. The number of nitrogens with zero attached hydrogens (tertiary/aromatic N) is 2. The first-order valence-electron chi connectivity index (χ1n) is 11.0. The van der Waals surface area contributed by atoms with E-state index in [2.05, 4.69) is 15.6 Å². The highest BCUT2D eigenvalue weighted by Gasteiger charge is 2.36. The van der Waals surface area contributed by atoms with Gasteiger partial charge in [0, 0.05) is 31.2 Å². The SMILES string of the molecule is Cc1ccc(NC(=O)N2CC[C@@H](CC(F)(F)F)C2)cc1-c1cc(N)nc(NC2CC(O)C2)c1. The molecule has 1 aromatic heterocycles. The van der Waals surface area contributed by atoms with Gasteiger partial charge in [0.2, 0.25) is 0 Å². The molecule has 2 aromatic rings. The van der Waals surface area contributed by atoms with Crippen molar-refractivity contribution in [3.8, 4) is 11.1 Å². The van der Waals surface area contributed by atoms with Crippen molar-refractivity contribution in [3.63, 3.8) is 0 Å². The van der Waals surface area contributed by atoms with Crippen LogP contribution in [0.3, 0.4) is 0 Å². The average Bonchev–Trinajstić information content (AvgIpc) is 3.14. The minimum absolute atomic E-state index is 0.0931. The Bertz CT molecular complexity index is 1020. The van der Waals surface area contributed by atoms with Gasteiger partial charge in [0.1, 0.15) is 11.6 Å². The maximum atomic E-state index is 12.6. The van der Waals surface area contributed by atoms with E-state index in [0.717, 1.165) is 16.7 Å². The van der Waals surface area contributed by atoms with Gasteiger partial charge in [-0.05, 0) is 73.1 Å². The minimum atomic E-state index is -4.22. The van der Waals surface area contributed by atoms with E-state index in [1.807, 2.05) is 25.1 Å². The molecule has 2 aliphatic rings. The number of halogens is 3. The number of rotatable bonds is 5. The van der Waals surface area contributed by atoms with E-state index in [0.29, 0.717) is 43.1 Å². The lowest BCUT2D eigenvalue weighted by atomic mass is 9.89. The molecule has 4 rings (SSSR count). The molecule has 1 aliphatic heterocycles. The smallest absolute Gasteiger partial charge is 0.389 e. The molecular weight excluding hydrogens is 435 g/mol. The Kier molecular flexibility index (Phi) is 6.38. The fourth-order valence-corrected chi connectivity index (χ4v) is 4.42. The van der Waals surface area contributed by atoms with Crippen LogP contribution in [0.25, 0.3) is 11.1 Å². The number of carbonyl (C=O) groups is 1. The van der Waals surface area contributed by atoms with Gasteiger partial charge in [-0.3, -0.25) is 0 Å². The molecule has 5 N–H and O–H groups in total. The molecule has 178 valence electrons. The van der Waals surface area contributed by atoms with Crippen LogP contribution >= 0.6 is 0 Å². The summed E-state index contributed by atoms with van der Waals surface area (Å²) < 4.78 is 37.9. The largest absolute Gasteiger partial charge is 0.393 e. The number of carbonyl (C=O) groups excluding carboxylic acids is 1. The van der Waals surface area contributed by atoms with Gasteiger partial charge in [-0.25, -0.2) is 9.78 Å². The monoisotopic (exact) mass is 463 g/mol. The molecule has 1 saturated heterocycles. The molecule has 1 aliphatic carbocycles. The number of nitrogen functional groups attached to an aromatic ring is 1. The third-order valence-electron chi connectivity index (χ3n) is 6.20. The van der Waals surface area contributed by atoms with E-state index in [4.69, 9.17) is 5.73 Å². The molecule has 2 heterocycles. The minimum Gasteiger partial charge on any atom is -0.393 e. The number of aromatic nitrogens is 1. The standard InChI is InChI=1S/C23H28F3N5O2/c1-13-2-3-16(29-22(33)31-5-4-14(12-31)11-23(24,25)26)10-19(13)15-6-20(27)30-21(7-15)28-17-8-18(32)9-17/h2-3,6-7,10,14,17-18,32H,4-5,8-9,11-12H2,1H3,(H,29,33)(H3,27,28,30)/t14-,17?,18?/m0/s1. The molecule has 2 amide bonds. The number of aryl methyl sites for hydroxylation is 1. The van der Waals surface area contributed by atoms with Gasteiger partial charge in [-0.2, -0.15) is 13.2 Å². The van der Waals surface area contributed by atoms with Crippen molar-refractivity contribution in [2.24, 2.45) is 5.92 Å². The van der Waals surface area contributed by atoms with E-state index >= 15 is 0 Å². The zero-order valence-electron chi connectivity index (χ0n) is 18.3. The van der Waals surface area contributed by atoms with Crippen molar-refractivity contribution in [1.29, 1.82) is 0 Å². The molecule has 7 nitrogen and oxygen atoms in total. The van der Waals surface area contributed by atoms with Crippen molar-refractivity contribution in [2.45, 2.75) is 50.9 Å². The number of urea groups is 1. The van der Waals surface area contributed by atoms with Crippen molar-refractivity contribution >= 4 is 23.4 Å². The van der Waals surface area contributed by atoms with Crippen molar-refractivity contribution < 1.29 is 23.1 Å². The Labute approximate surface area is 190 Å². The average molecular weight is 464 g/mol. The molecule has 1 saturated carbocycles. The molecule has 1 atom stereocenters. The molecule has 0 bridgehead atoms. The molecule has 33 heavy (non-hydrogen) atoms. The Hall–Kier alpha value is -3.01. The predicted molar refractivity (Wildman–Crippen MR) is 121 cm³/mol. The second-order valence-electron chi connectivity index (χ2n) is 9.01. The fraction of sp³-hybridized carbons (Fsp3) is 0.478. The van der Waals surface area contributed by atoms with Gasteiger partial charge in [0.15, 0.2) is 0 Å². The van der Waals surface area contributed by atoms with Gasteiger partial charge in [-0.15, -0.1) is 0 Å². The maximum Gasteiger partial charge on any atom is 0.389 e. The lowest BCUT2D eigenvalue weighted by Gasteiger charge is -2.32. The van der Waals surface area contributed by atoms with Crippen LogP contribution in [0.2, 0.25) is 0 Å². The predicted octanol–water partition coefficient (Wildman–Crippen LogP) is 4.38. The number of aliphatic hydroxyl groups excluding tert-OH is 1. The number of benzene rings is 1. The summed E-state index contributed by atoms with van der Waals surface area (Å²) in [4.78, 5) is 18.4. The number of nitrogens with two attached hydrogens (primary N) is 1. The van der Waals surface area contributed by atoms with Crippen molar-refractivity contribution in [1.82, 2.24) is 9.88 Å². The molecule has 10 heteroatoms. The summed E-state index contributed by atoms with van der Waals surface area (Å²) in [6.45, 7) is 2.34. The van der Waals surface area contributed by atoms with Crippen LogP contribution < -0.4 is 16.4 Å². The Morgan fingerprint density at radius 3 is 2.73 bits per heavy atom. The van der Waals surface area contributed by atoms with Crippen LogP contribution in [-0.2, 0) is 0 Å². The van der Waals surface area contributed by atoms with Crippen LogP contribution in [0, 0.1) is 12.8 Å². The van der Waals surface area contributed by atoms with E-state index < -0.39 is 24.5 Å². The normalized spacial score (nSPS) is 22.7. The maximum absolute atomic E-state index is 12.6. The summed E-state index contributed by atoms with van der Waals surface area (Å²) in [5, 5.41) is 15.6. The summed E-state index contributed by atoms with van der Waals surface area (Å²) in [7, 11) is 0. The van der Waals surface area contributed by atoms with E-state index in [1.165, 1.54) is 4.90 Å². The van der Waals surface area contributed by atoms with E-state index in [9.17, 15) is 23.1 Å². The van der Waals surface area contributed by atoms with Crippen molar-refractivity contribution in [3.05, 3.63) is 35.9 Å². The third kappa shape index (κ3) is 5.87. The molecule has 2 fully saturated rings. The van der Waals surface area contributed by atoms with Gasteiger partial charge in [0.05, 0.1) is 6.10 Å². The number of anilines is 3. The van der Waals surface area contributed by atoms with Gasteiger partial charge in [0.25, 0.3) is 0 Å². The lowest BCUT2D eigenvalue weighted by Crippen LogP contribution is -2.39. The number of pyridine rings is 1. The number of hydrogen-bond donors (Lipinski definition) is 4. The van der Waals surface area contributed by atoms with Crippen LogP contribution in [0.5, 0.6) is 0 Å². The summed E-state index contributed by atoms with van der Waals surface area (Å²) in [5.74, 6) is 0.395. The highest BCUT2D eigenvalue weighted by molar-refractivity contribution is 5.91. The summed E-state index contributed by atoms with van der Waals surface area (Å²) in [6.07, 6.45) is -3.72. The number of hydrogen-bond acceptors (Lipinski definition) is 5. The fourth-order valence-electron chi connectivity index (χ4n) is 4.42. The molecular formula is C23H28F3N5O2. The first-order chi connectivity index (χ1) is 15.6. The number of likely N-dealkylation sites (tertiary alicyclic amines) is 1. The van der Waals surface area contributed by atoms with Crippen LogP contribution in [0.15, 0.2) is 30.3 Å². The first kappa shape index (κ1) is 23.2. The van der Waals surface area contributed by atoms with E-state index in [1.54, 1.807) is 12.1 Å². The Morgan fingerprint density at radius 1 is 1.27 bits per heavy atom. The highest BCUT2D eigenvalue weighted by Crippen LogP contribution is 2.33. The van der Waals surface area contributed by atoms with Gasteiger partial charge >= 0.3 is 12.2 Å². The molecule has 0 radical (unpaired) electrons. The van der Waals surface area contributed by atoms with E-state index in [-0.39, 0.29) is 18.7 Å². The molecule has 0 spiro atoms. The summed E-state index contributed by atoms with van der Waals surface area (Å²) in [6, 6.07) is 8.81. The van der Waals surface area contributed by atoms with Crippen molar-refractivity contribution in [2.75, 3.05) is 29.5 Å². The van der Waals surface area contributed by atoms with Crippen LogP contribution in [0.1, 0.15) is 31.2 Å². The van der Waals surface area contributed by atoms with Crippen LogP contribution in [0.4, 0.5) is 35.3 Å². The third-order valence-corrected chi connectivity index (χ3v) is 6.20. The number of nitrogens with one attached hydrogen (secondary N) is 2. The Balaban J connectivity index is 1.46. The molecule has 1 aromatic carbocycles. The quantitative estimate of drug-likeness (QED) is 0.527. The topological polar surface area (TPSA) is 104 Å². The van der Waals surface area contributed by atoms with Gasteiger partial charge < -0.3 is 26.4 Å². The highest BCUT2D eigenvalue weighted by atomic mass is 19.4. The van der Waals surface area contributed by atoms with Crippen LogP contribution in [-0.4, -0.2) is 52.4 Å². The second kappa shape index (κ2) is 9.09.